The summed E-state index contributed by atoms with van der Waals surface area (Å²) in [6, 6.07) is 7.20. The number of rotatable bonds is 4. The van der Waals surface area contributed by atoms with E-state index in [2.05, 4.69) is 5.10 Å². The van der Waals surface area contributed by atoms with Gasteiger partial charge in [0.2, 0.25) is 0 Å². The average molecular weight is 354 g/mol. The van der Waals surface area contributed by atoms with Crippen molar-refractivity contribution in [3.8, 4) is 5.75 Å². The molecule has 1 fully saturated rings. The van der Waals surface area contributed by atoms with Gasteiger partial charge >= 0.3 is 0 Å². The molecule has 0 spiro atoms. The summed E-state index contributed by atoms with van der Waals surface area (Å²) < 4.78 is 7.46. The Hall–Kier alpha value is -1.72. The molecule has 122 valence electrons. The van der Waals surface area contributed by atoms with E-state index < -0.39 is 0 Å². The first-order chi connectivity index (χ1) is 10.9. The topological polar surface area (TPSA) is 47.4 Å². The molecular weight excluding hydrogens is 337 g/mol. The van der Waals surface area contributed by atoms with Crippen LogP contribution < -0.4 is 4.74 Å². The Bertz CT molecular complexity index is 739. The molecule has 5 nitrogen and oxygen atoms in total. The number of nitrogens with zero attached hydrogens (tertiary/aromatic N) is 3. The van der Waals surface area contributed by atoms with Crippen LogP contribution in [-0.2, 0) is 4.79 Å². The van der Waals surface area contributed by atoms with Crippen molar-refractivity contribution in [2.24, 2.45) is 0 Å². The molecule has 0 radical (unpaired) electrons. The molecule has 23 heavy (non-hydrogen) atoms. The lowest BCUT2D eigenvalue weighted by atomic mass is 10.1. The molecule has 2 heterocycles. The molecule has 7 heteroatoms. The maximum Gasteiger partial charge on any atom is 0.260 e. The number of amides is 1. The van der Waals surface area contributed by atoms with Gasteiger partial charge in [-0.15, -0.1) is 0 Å². The van der Waals surface area contributed by atoms with Gasteiger partial charge in [0.25, 0.3) is 5.91 Å². The molecule has 0 saturated carbocycles. The number of halogens is 2. The van der Waals surface area contributed by atoms with Gasteiger partial charge in [-0.2, -0.15) is 5.10 Å². The molecule has 1 aromatic carbocycles. The Morgan fingerprint density at radius 2 is 2.04 bits per heavy atom. The van der Waals surface area contributed by atoms with Gasteiger partial charge in [0, 0.05) is 23.8 Å². The predicted molar refractivity (Wildman–Crippen MR) is 89.3 cm³/mol. The van der Waals surface area contributed by atoms with E-state index in [0.29, 0.717) is 28.9 Å². The highest BCUT2D eigenvalue weighted by molar-refractivity contribution is 6.35. The minimum absolute atomic E-state index is 0.0365. The number of likely N-dealkylation sites (tertiary alicyclic amines) is 1. The van der Waals surface area contributed by atoms with Crippen LogP contribution in [0.3, 0.4) is 0 Å². The molecule has 0 unspecified atom stereocenters. The van der Waals surface area contributed by atoms with E-state index in [9.17, 15) is 4.79 Å². The zero-order valence-corrected chi connectivity index (χ0v) is 14.4. The Kier molecular flexibility index (Phi) is 4.50. The van der Waals surface area contributed by atoms with E-state index >= 15 is 0 Å². The highest BCUT2D eigenvalue weighted by Gasteiger charge is 2.33. The summed E-state index contributed by atoms with van der Waals surface area (Å²) in [6.07, 6.45) is 0. The number of aryl methyl sites for hydroxylation is 2. The van der Waals surface area contributed by atoms with Crippen molar-refractivity contribution in [3.05, 3.63) is 45.7 Å². The number of carbonyl (C=O) groups excluding carboxylic acids is 1. The van der Waals surface area contributed by atoms with Gasteiger partial charge < -0.3 is 9.64 Å². The third-order valence-corrected chi connectivity index (χ3v) is 4.38. The highest BCUT2D eigenvalue weighted by Crippen LogP contribution is 2.28. The largest absolute Gasteiger partial charge is 0.482 e. The van der Waals surface area contributed by atoms with Crippen LogP contribution in [0.4, 0.5) is 0 Å². The minimum atomic E-state index is -0.0613. The Labute approximate surface area is 144 Å². The summed E-state index contributed by atoms with van der Waals surface area (Å²) in [7, 11) is 0. The molecule has 3 rings (SSSR count). The van der Waals surface area contributed by atoms with E-state index in [1.807, 2.05) is 24.6 Å². The molecule has 2 aromatic rings. The fourth-order valence-corrected chi connectivity index (χ4v) is 3.12. The summed E-state index contributed by atoms with van der Waals surface area (Å²) in [4.78, 5) is 13.9. The van der Waals surface area contributed by atoms with Crippen LogP contribution in [0.2, 0.25) is 10.0 Å². The van der Waals surface area contributed by atoms with Crippen LogP contribution in [0.5, 0.6) is 5.75 Å². The lowest BCUT2D eigenvalue weighted by Crippen LogP contribution is -2.52. The SMILES string of the molecule is Cc1cc(C)n(C2CN(C(=O)COc3ccc(Cl)cc3Cl)C2)n1. The number of hydrogen-bond donors (Lipinski definition) is 0. The van der Waals surface area contributed by atoms with Crippen molar-refractivity contribution >= 4 is 29.1 Å². The Morgan fingerprint density at radius 3 is 2.65 bits per heavy atom. The first kappa shape index (κ1) is 16.1. The third kappa shape index (κ3) is 3.46. The van der Waals surface area contributed by atoms with Gasteiger partial charge in [0.15, 0.2) is 6.61 Å². The lowest BCUT2D eigenvalue weighted by molar-refractivity contribution is -0.139. The summed E-state index contributed by atoms with van der Waals surface area (Å²) in [5.41, 5.74) is 2.11. The zero-order valence-electron chi connectivity index (χ0n) is 12.9. The normalized spacial score (nSPS) is 14.7. The highest BCUT2D eigenvalue weighted by atomic mass is 35.5. The summed E-state index contributed by atoms with van der Waals surface area (Å²) in [5, 5.41) is 5.39. The number of aromatic nitrogens is 2. The van der Waals surface area contributed by atoms with Gasteiger partial charge in [-0.25, -0.2) is 0 Å². The number of ether oxygens (including phenoxy) is 1. The third-order valence-electron chi connectivity index (χ3n) is 3.85. The van der Waals surface area contributed by atoms with Crippen molar-refractivity contribution in [1.82, 2.24) is 14.7 Å². The van der Waals surface area contributed by atoms with E-state index in [4.69, 9.17) is 27.9 Å². The quantitative estimate of drug-likeness (QED) is 0.847. The molecule has 1 aliphatic rings. The van der Waals surface area contributed by atoms with E-state index in [1.54, 1.807) is 23.1 Å². The predicted octanol–water partition coefficient (Wildman–Crippen LogP) is 3.27. The maximum absolute atomic E-state index is 12.1. The maximum atomic E-state index is 12.1. The fourth-order valence-electron chi connectivity index (χ4n) is 2.65. The number of hydrogen-bond acceptors (Lipinski definition) is 3. The smallest absolute Gasteiger partial charge is 0.260 e. The fraction of sp³-hybridized carbons (Fsp3) is 0.375. The number of carbonyl (C=O) groups is 1. The molecule has 0 N–H and O–H groups in total. The van der Waals surface area contributed by atoms with Crippen LogP contribution in [0, 0.1) is 13.8 Å². The molecule has 0 aliphatic carbocycles. The van der Waals surface area contributed by atoms with Crippen molar-refractivity contribution in [2.45, 2.75) is 19.9 Å². The monoisotopic (exact) mass is 353 g/mol. The second-order valence-corrected chi connectivity index (χ2v) is 6.53. The first-order valence-electron chi connectivity index (χ1n) is 7.32. The molecule has 1 aromatic heterocycles. The van der Waals surface area contributed by atoms with Crippen molar-refractivity contribution in [3.63, 3.8) is 0 Å². The average Bonchev–Trinajstić information content (AvgIpc) is 2.75. The van der Waals surface area contributed by atoms with E-state index in [-0.39, 0.29) is 18.6 Å². The second kappa shape index (κ2) is 6.42. The standard InChI is InChI=1S/C16H17Cl2N3O2/c1-10-5-11(2)21(19-10)13-7-20(8-13)16(22)9-23-15-4-3-12(17)6-14(15)18/h3-6,13H,7-9H2,1-2H3. The van der Waals surface area contributed by atoms with Crippen molar-refractivity contribution in [2.75, 3.05) is 19.7 Å². The molecule has 0 bridgehead atoms. The van der Waals surface area contributed by atoms with Crippen LogP contribution in [0.25, 0.3) is 0 Å². The zero-order chi connectivity index (χ0) is 16.6. The second-order valence-electron chi connectivity index (χ2n) is 5.69. The minimum Gasteiger partial charge on any atom is -0.482 e. The van der Waals surface area contributed by atoms with Crippen LogP contribution in [0.15, 0.2) is 24.3 Å². The van der Waals surface area contributed by atoms with Gasteiger partial charge in [-0.1, -0.05) is 23.2 Å². The Morgan fingerprint density at radius 1 is 1.30 bits per heavy atom. The summed E-state index contributed by atoms with van der Waals surface area (Å²) in [6.45, 7) is 5.26. The van der Waals surface area contributed by atoms with Crippen molar-refractivity contribution in [1.29, 1.82) is 0 Å². The van der Waals surface area contributed by atoms with Crippen LogP contribution in [0.1, 0.15) is 17.4 Å². The molecule has 0 atom stereocenters. The summed E-state index contributed by atoms with van der Waals surface area (Å²) >= 11 is 11.8. The van der Waals surface area contributed by atoms with Crippen LogP contribution >= 0.6 is 23.2 Å². The molecular formula is C16H17Cl2N3O2. The van der Waals surface area contributed by atoms with Gasteiger partial charge in [0.1, 0.15) is 5.75 Å². The van der Waals surface area contributed by atoms with E-state index in [0.717, 1.165) is 11.4 Å². The van der Waals surface area contributed by atoms with Crippen molar-refractivity contribution < 1.29 is 9.53 Å². The first-order valence-corrected chi connectivity index (χ1v) is 8.08. The van der Waals surface area contributed by atoms with E-state index in [1.165, 1.54) is 0 Å². The van der Waals surface area contributed by atoms with Gasteiger partial charge in [0.05, 0.1) is 16.8 Å². The number of benzene rings is 1. The van der Waals surface area contributed by atoms with Crippen LogP contribution in [-0.4, -0.2) is 40.3 Å². The van der Waals surface area contributed by atoms with Gasteiger partial charge in [-0.3, -0.25) is 9.48 Å². The van der Waals surface area contributed by atoms with Gasteiger partial charge in [-0.05, 0) is 38.1 Å². The summed E-state index contributed by atoms with van der Waals surface area (Å²) in [5.74, 6) is 0.397. The lowest BCUT2D eigenvalue weighted by Gasteiger charge is -2.39. The molecule has 1 saturated heterocycles. The molecule has 1 aliphatic heterocycles. The molecule has 1 amide bonds. The Balaban J connectivity index is 1.52.